The molecule has 2 aliphatic rings. The standard InChI is InChI=1S/C17H21N3O/c18-17(9-2-1-3-10-17)11-8-13-4-7-15(19-12-13)20-16(21)14-5-6-14/h4,7,12,14H,1-3,5-6,9-10,18H2,(H,19,20,21). The van der Waals surface area contributed by atoms with E-state index in [1.54, 1.807) is 12.3 Å². The first-order chi connectivity index (χ1) is 10.1. The minimum absolute atomic E-state index is 0.0736. The van der Waals surface area contributed by atoms with Gasteiger partial charge in [-0.2, -0.15) is 0 Å². The van der Waals surface area contributed by atoms with E-state index in [0.717, 1.165) is 44.1 Å². The van der Waals surface area contributed by atoms with E-state index in [1.165, 1.54) is 6.42 Å². The van der Waals surface area contributed by atoms with E-state index in [9.17, 15) is 4.79 Å². The van der Waals surface area contributed by atoms with E-state index in [-0.39, 0.29) is 17.4 Å². The number of hydrogen-bond donors (Lipinski definition) is 2. The molecule has 1 aromatic rings. The predicted molar refractivity (Wildman–Crippen MR) is 82.5 cm³/mol. The number of aromatic nitrogens is 1. The smallest absolute Gasteiger partial charge is 0.228 e. The number of nitrogens with one attached hydrogen (secondary N) is 1. The van der Waals surface area contributed by atoms with Crippen molar-refractivity contribution in [1.82, 2.24) is 4.98 Å². The molecule has 0 saturated heterocycles. The molecule has 4 heteroatoms. The molecule has 0 aromatic carbocycles. The Kier molecular flexibility index (Phi) is 3.94. The lowest BCUT2D eigenvalue weighted by atomic mass is 9.83. The van der Waals surface area contributed by atoms with Crippen LogP contribution in [-0.2, 0) is 4.79 Å². The fraction of sp³-hybridized carbons (Fsp3) is 0.529. The molecule has 1 aromatic heterocycles. The molecule has 0 unspecified atom stereocenters. The molecule has 2 saturated carbocycles. The van der Waals surface area contributed by atoms with Crippen molar-refractivity contribution in [3.8, 4) is 11.8 Å². The molecule has 0 aliphatic heterocycles. The third-order valence-electron chi connectivity index (χ3n) is 4.16. The van der Waals surface area contributed by atoms with Crippen molar-refractivity contribution in [1.29, 1.82) is 0 Å². The summed E-state index contributed by atoms with van der Waals surface area (Å²) in [7, 11) is 0. The highest BCUT2D eigenvalue weighted by atomic mass is 16.2. The van der Waals surface area contributed by atoms with Crippen molar-refractivity contribution in [3.63, 3.8) is 0 Å². The Morgan fingerprint density at radius 3 is 2.67 bits per heavy atom. The summed E-state index contributed by atoms with van der Waals surface area (Å²) in [6.07, 6.45) is 9.22. The van der Waals surface area contributed by atoms with Crippen LogP contribution in [0.2, 0.25) is 0 Å². The normalized spacial score (nSPS) is 20.2. The monoisotopic (exact) mass is 283 g/mol. The molecule has 1 heterocycles. The number of amides is 1. The van der Waals surface area contributed by atoms with Gasteiger partial charge in [-0.3, -0.25) is 4.79 Å². The van der Waals surface area contributed by atoms with Gasteiger partial charge in [-0.25, -0.2) is 4.98 Å². The van der Waals surface area contributed by atoms with Crippen LogP contribution in [0.5, 0.6) is 0 Å². The summed E-state index contributed by atoms with van der Waals surface area (Å²) < 4.78 is 0. The van der Waals surface area contributed by atoms with Gasteiger partial charge in [-0.15, -0.1) is 0 Å². The zero-order valence-corrected chi connectivity index (χ0v) is 12.2. The van der Waals surface area contributed by atoms with E-state index in [1.807, 2.05) is 6.07 Å². The summed E-state index contributed by atoms with van der Waals surface area (Å²) in [5.74, 6) is 7.18. The van der Waals surface area contributed by atoms with Gasteiger partial charge in [0.2, 0.25) is 5.91 Å². The number of carbonyl (C=O) groups is 1. The number of pyridine rings is 1. The SMILES string of the molecule is NC1(C#Cc2ccc(NC(=O)C3CC3)nc2)CCCCC1. The summed E-state index contributed by atoms with van der Waals surface area (Å²) in [4.78, 5) is 15.9. The Morgan fingerprint density at radius 1 is 1.29 bits per heavy atom. The molecule has 0 spiro atoms. The third-order valence-corrected chi connectivity index (χ3v) is 4.16. The molecular weight excluding hydrogens is 262 g/mol. The molecule has 2 aliphatic carbocycles. The van der Waals surface area contributed by atoms with E-state index < -0.39 is 0 Å². The van der Waals surface area contributed by atoms with E-state index >= 15 is 0 Å². The maximum atomic E-state index is 11.6. The maximum absolute atomic E-state index is 11.6. The van der Waals surface area contributed by atoms with Crippen LogP contribution in [0.1, 0.15) is 50.5 Å². The van der Waals surface area contributed by atoms with Gasteiger partial charge in [0.05, 0.1) is 5.54 Å². The molecule has 21 heavy (non-hydrogen) atoms. The molecule has 0 bridgehead atoms. The first-order valence-electron chi connectivity index (χ1n) is 7.74. The van der Waals surface area contributed by atoms with Crippen LogP contribution < -0.4 is 11.1 Å². The number of carbonyl (C=O) groups excluding carboxylic acids is 1. The summed E-state index contributed by atoms with van der Waals surface area (Å²) in [5, 5.41) is 2.82. The number of hydrogen-bond acceptors (Lipinski definition) is 3. The van der Waals surface area contributed by atoms with Gasteiger partial charge in [0.25, 0.3) is 0 Å². The molecular formula is C17H21N3O. The second kappa shape index (κ2) is 5.87. The Labute approximate surface area is 125 Å². The van der Waals surface area contributed by atoms with Crippen molar-refractivity contribution in [2.24, 2.45) is 11.7 Å². The Morgan fingerprint density at radius 2 is 2.05 bits per heavy atom. The highest BCUT2D eigenvalue weighted by Gasteiger charge is 2.29. The molecule has 3 rings (SSSR count). The largest absolute Gasteiger partial charge is 0.315 e. The van der Waals surface area contributed by atoms with Crippen LogP contribution in [0.25, 0.3) is 0 Å². The lowest BCUT2D eigenvalue weighted by molar-refractivity contribution is -0.117. The zero-order valence-electron chi connectivity index (χ0n) is 12.2. The minimum Gasteiger partial charge on any atom is -0.315 e. The predicted octanol–water partition coefficient (Wildman–Crippen LogP) is 2.44. The van der Waals surface area contributed by atoms with Gasteiger partial charge in [0.15, 0.2) is 0 Å². The Bertz CT molecular complexity index is 572. The fourth-order valence-corrected chi connectivity index (χ4v) is 2.62. The summed E-state index contributed by atoms with van der Waals surface area (Å²) >= 11 is 0. The number of nitrogens with two attached hydrogens (primary N) is 1. The van der Waals surface area contributed by atoms with E-state index in [0.29, 0.717) is 5.82 Å². The number of nitrogens with zero attached hydrogens (tertiary/aromatic N) is 1. The molecule has 110 valence electrons. The van der Waals surface area contributed by atoms with E-state index in [4.69, 9.17) is 5.73 Å². The molecule has 0 atom stereocenters. The van der Waals surface area contributed by atoms with E-state index in [2.05, 4.69) is 22.1 Å². The number of anilines is 1. The molecule has 4 nitrogen and oxygen atoms in total. The van der Waals surface area contributed by atoms with Gasteiger partial charge in [0, 0.05) is 17.7 Å². The van der Waals surface area contributed by atoms with Crippen molar-refractivity contribution in [2.45, 2.75) is 50.5 Å². The summed E-state index contributed by atoms with van der Waals surface area (Å²) in [6, 6.07) is 3.68. The highest BCUT2D eigenvalue weighted by molar-refractivity contribution is 5.93. The quantitative estimate of drug-likeness (QED) is 0.819. The topological polar surface area (TPSA) is 68.0 Å². The van der Waals surface area contributed by atoms with Gasteiger partial charge >= 0.3 is 0 Å². The second-order valence-electron chi connectivity index (χ2n) is 6.16. The van der Waals surface area contributed by atoms with Crippen molar-refractivity contribution < 1.29 is 4.79 Å². The molecule has 1 amide bonds. The number of rotatable bonds is 2. The first-order valence-corrected chi connectivity index (χ1v) is 7.74. The average molecular weight is 283 g/mol. The fourth-order valence-electron chi connectivity index (χ4n) is 2.62. The van der Waals surface area contributed by atoms with Crippen LogP contribution in [0, 0.1) is 17.8 Å². The highest BCUT2D eigenvalue weighted by Crippen LogP contribution is 2.30. The Hall–Kier alpha value is -1.86. The Balaban J connectivity index is 1.62. The van der Waals surface area contributed by atoms with Crippen LogP contribution in [0.4, 0.5) is 5.82 Å². The molecule has 3 N–H and O–H groups in total. The first kappa shape index (κ1) is 14.1. The van der Waals surface area contributed by atoms with Crippen molar-refractivity contribution in [2.75, 3.05) is 5.32 Å². The zero-order chi connectivity index (χ0) is 14.7. The molecule has 0 radical (unpaired) electrons. The van der Waals surface area contributed by atoms with Gasteiger partial charge in [0.1, 0.15) is 5.82 Å². The lowest BCUT2D eigenvalue weighted by Crippen LogP contribution is -2.40. The van der Waals surface area contributed by atoms with Gasteiger partial charge in [-0.05, 0) is 37.8 Å². The maximum Gasteiger partial charge on any atom is 0.228 e. The van der Waals surface area contributed by atoms with Crippen LogP contribution >= 0.6 is 0 Å². The van der Waals surface area contributed by atoms with Gasteiger partial charge < -0.3 is 11.1 Å². The summed E-state index contributed by atoms with van der Waals surface area (Å²) in [5.41, 5.74) is 6.80. The second-order valence-corrected chi connectivity index (χ2v) is 6.16. The average Bonchev–Trinajstić information content (AvgIpc) is 3.32. The van der Waals surface area contributed by atoms with Crippen LogP contribution in [0.15, 0.2) is 18.3 Å². The third kappa shape index (κ3) is 3.83. The summed E-state index contributed by atoms with van der Waals surface area (Å²) in [6.45, 7) is 0. The van der Waals surface area contributed by atoms with Crippen LogP contribution in [0.3, 0.4) is 0 Å². The minimum atomic E-state index is -0.336. The molecule has 2 fully saturated rings. The van der Waals surface area contributed by atoms with Crippen LogP contribution in [-0.4, -0.2) is 16.4 Å². The van der Waals surface area contributed by atoms with Crippen molar-refractivity contribution in [3.05, 3.63) is 23.9 Å². The van der Waals surface area contributed by atoms with Gasteiger partial charge in [-0.1, -0.05) is 31.1 Å². The lowest BCUT2D eigenvalue weighted by Gasteiger charge is -2.27. The van der Waals surface area contributed by atoms with Crippen molar-refractivity contribution >= 4 is 11.7 Å².